The van der Waals surface area contributed by atoms with Gasteiger partial charge in [-0.15, -0.1) is 0 Å². The Morgan fingerprint density at radius 3 is 2.70 bits per heavy atom. The second-order valence-electron chi connectivity index (χ2n) is 7.89. The lowest BCUT2D eigenvalue weighted by Gasteiger charge is -2.31. The number of Topliss-reactive ketones (excluding diaryl/α,β-unsaturated/α-hetero) is 1. The van der Waals surface area contributed by atoms with Crippen LogP contribution in [0, 0.1) is 11.8 Å². The molecule has 7 atom stereocenters. The molecule has 1 unspecified atom stereocenters. The maximum Gasteiger partial charge on any atom is 0.334 e. The standard InChI is InChI=1S/C20H26O7/c1-6-9(2)18(23)25-13-7-10(3)12(21)8-14(22)20(5)17(27-20)16-15(13)11(4)19(24)26-16/h6,10,12-13,15-17,21H,4,7-8H2,1-3,5H3/b9-6+/t10-,12+,13?,15+,16-,17+,20-/m0/s1. The highest BCUT2D eigenvalue weighted by Gasteiger charge is 2.67. The molecule has 1 saturated carbocycles. The van der Waals surface area contributed by atoms with Crippen LogP contribution in [0.3, 0.4) is 0 Å². The van der Waals surface area contributed by atoms with Crippen LogP contribution in [0.15, 0.2) is 23.8 Å². The van der Waals surface area contributed by atoms with Gasteiger partial charge in [-0.3, -0.25) is 4.79 Å². The Morgan fingerprint density at radius 1 is 1.41 bits per heavy atom. The summed E-state index contributed by atoms with van der Waals surface area (Å²) in [7, 11) is 0. The molecule has 27 heavy (non-hydrogen) atoms. The fourth-order valence-corrected chi connectivity index (χ4v) is 3.86. The Kier molecular flexibility index (Phi) is 5.03. The first-order valence-electron chi connectivity index (χ1n) is 9.23. The number of hydrogen-bond acceptors (Lipinski definition) is 7. The third-order valence-corrected chi connectivity index (χ3v) is 6.04. The van der Waals surface area contributed by atoms with E-state index in [-0.39, 0.29) is 30.1 Å². The molecule has 7 nitrogen and oxygen atoms in total. The van der Waals surface area contributed by atoms with E-state index in [4.69, 9.17) is 14.2 Å². The summed E-state index contributed by atoms with van der Waals surface area (Å²) in [5.74, 6) is -2.26. The van der Waals surface area contributed by atoms with Gasteiger partial charge in [0.2, 0.25) is 0 Å². The molecule has 2 heterocycles. The lowest BCUT2D eigenvalue weighted by Crippen LogP contribution is -2.43. The second kappa shape index (κ2) is 6.87. The van der Waals surface area contributed by atoms with E-state index >= 15 is 0 Å². The summed E-state index contributed by atoms with van der Waals surface area (Å²) in [6.45, 7) is 10.6. The topological polar surface area (TPSA) is 102 Å². The van der Waals surface area contributed by atoms with E-state index in [2.05, 4.69) is 6.58 Å². The highest BCUT2D eigenvalue weighted by molar-refractivity contribution is 5.94. The van der Waals surface area contributed by atoms with E-state index in [9.17, 15) is 19.5 Å². The molecule has 0 aromatic heterocycles. The number of ether oxygens (including phenoxy) is 3. The van der Waals surface area contributed by atoms with Crippen LogP contribution < -0.4 is 0 Å². The third kappa shape index (κ3) is 3.34. The predicted molar refractivity (Wildman–Crippen MR) is 94.5 cm³/mol. The number of aliphatic hydroxyl groups is 1. The SMILES string of the molecule is C=C1C(=O)O[C@H]2[C@H]1C(OC(=O)/C(C)=C/C)C[C@H](C)[C@H](O)CC(=O)[C@]1(C)O[C@H]21. The lowest BCUT2D eigenvalue weighted by atomic mass is 9.78. The zero-order valence-electron chi connectivity index (χ0n) is 16.1. The molecule has 7 heteroatoms. The van der Waals surface area contributed by atoms with Crippen molar-refractivity contribution in [2.75, 3.05) is 0 Å². The average molecular weight is 378 g/mol. The molecule has 0 spiro atoms. The molecule has 0 aromatic rings. The molecule has 2 aliphatic heterocycles. The monoisotopic (exact) mass is 378 g/mol. The van der Waals surface area contributed by atoms with Crippen molar-refractivity contribution in [1.82, 2.24) is 0 Å². The summed E-state index contributed by atoms with van der Waals surface area (Å²) >= 11 is 0. The summed E-state index contributed by atoms with van der Waals surface area (Å²) in [4.78, 5) is 37.1. The second-order valence-corrected chi connectivity index (χ2v) is 7.89. The van der Waals surface area contributed by atoms with Crippen LogP contribution in [0.2, 0.25) is 0 Å². The third-order valence-electron chi connectivity index (χ3n) is 6.04. The van der Waals surface area contributed by atoms with E-state index < -0.39 is 47.9 Å². The van der Waals surface area contributed by atoms with Gasteiger partial charge in [-0.2, -0.15) is 0 Å². The maximum absolute atomic E-state index is 12.5. The quantitative estimate of drug-likeness (QED) is 0.441. The first-order valence-corrected chi connectivity index (χ1v) is 9.23. The Bertz CT molecular complexity index is 724. The normalized spacial score (nSPS) is 42.1. The summed E-state index contributed by atoms with van der Waals surface area (Å²) in [6, 6.07) is 0. The van der Waals surface area contributed by atoms with Gasteiger partial charge in [0.15, 0.2) is 11.4 Å². The zero-order chi connectivity index (χ0) is 20.1. The minimum Gasteiger partial charge on any atom is -0.458 e. The molecule has 3 rings (SSSR count). The number of carbonyl (C=O) groups is 3. The van der Waals surface area contributed by atoms with E-state index in [1.807, 2.05) is 0 Å². The Hall–Kier alpha value is -1.99. The van der Waals surface area contributed by atoms with Crippen LogP contribution in [0.1, 0.15) is 40.5 Å². The first-order chi connectivity index (χ1) is 12.6. The molecule has 2 saturated heterocycles. The molecule has 1 N–H and O–H groups in total. The van der Waals surface area contributed by atoms with Crippen molar-refractivity contribution in [2.24, 2.45) is 11.8 Å². The number of allylic oxidation sites excluding steroid dienone is 1. The van der Waals surface area contributed by atoms with E-state index in [1.54, 1.807) is 33.8 Å². The Labute approximate surface area is 158 Å². The van der Waals surface area contributed by atoms with Crippen LogP contribution in [0.5, 0.6) is 0 Å². The maximum atomic E-state index is 12.5. The number of aliphatic hydroxyl groups excluding tert-OH is 1. The number of fused-ring (bicyclic) bond motifs is 3. The highest BCUT2D eigenvalue weighted by atomic mass is 16.7. The molecule has 1 aliphatic carbocycles. The first kappa shape index (κ1) is 19.8. The number of hydrogen-bond donors (Lipinski definition) is 1. The average Bonchev–Trinajstić information content (AvgIpc) is 3.23. The number of esters is 2. The summed E-state index contributed by atoms with van der Waals surface area (Å²) < 4.78 is 16.8. The van der Waals surface area contributed by atoms with Crippen LogP contribution in [-0.4, -0.2) is 52.8 Å². The number of ketones is 1. The molecular weight excluding hydrogens is 352 g/mol. The fraction of sp³-hybridized carbons (Fsp3) is 0.650. The summed E-state index contributed by atoms with van der Waals surface area (Å²) in [6.07, 6.45) is -1.14. The van der Waals surface area contributed by atoms with Crippen LogP contribution >= 0.6 is 0 Å². The van der Waals surface area contributed by atoms with Crippen molar-refractivity contribution >= 4 is 17.7 Å². The van der Waals surface area contributed by atoms with E-state index in [0.29, 0.717) is 5.57 Å². The van der Waals surface area contributed by atoms with Gasteiger partial charge in [0, 0.05) is 17.6 Å². The fourth-order valence-electron chi connectivity index (χ4n) is 3.86. The van der Waals surface area contributed by atoms with E-state index in [0.717, 1.165) is 0 Å². The minimum absolute atomic E-state index is 0.0605. The molecule has 0 bridgehead atoms. The molecule has 0 radical (unpaired) electrons. The molecule has 0 aromatic carbocycles. The minimum atomic E-state index is -1.11. The molecule has 0 amide bonds. The largest absolute Gasteiger partial charge is 0.458 e. The zero-order valence-corrected chi connectivity index (χ0v) is 16.1. The Morgan fingerprint density at radius 2 is 2.07 bits per heavy atom. The smallest absolute Gasteiger partial charge is 0.334 e. The summed E-state index contributed by atoms with van der Waals surface area (Å²) in [5, 5.41) is 10.4. The van der Waals surface area contributed by atoms with Crippen molar-refractivity contribution in [3.63, 3.8) is 0 Å². The van der Waals surface area contributed by atoms with Crippen molar-refractivity contribution in [2.45, 2.75) is 70.6 Å². The summed E-state index contributed by atoms with van der Waals surface area (Å²) in [5.41, 5.74) is -0.474. The molecule has 148 valence electrons. The van der Waals surface area contributed by atoms with Crippen molar-refractivity contribution in [3.8, 4) is 0 Å². The number of rotatable bonds is 2. The van der Waals surface area contributed by atoms with Crippen LogP contribution in [0.25, 0.3) is 0 Å². The van der Waals surface area contributed by atoms with Gasteiger partial charge in [0.1, 0.15) is 18.3 Å². The number of carbonyl (C=O) groups excluding carboxylic acids is 3. The van der Waals surface area contributed by atoms with Gasteiger partial charge in [-0.25, -0.2) is 9.59 Å². The predicted octanol–water partition coefficient (Wildman–Crippen LogP) is 1.48. The van der Waals surface area contributed by atoms with Gasteiger partial charge < -0.3 is 19.3 Å². The van der Waals surface area contributed by atoms with Crippen LogP contribution in [0.4, 0.5) is 0 Å². The van der Waals surface area contributed by atoms with Crippen molar-refractivity contribution in [3.05, 3.63) is 23.8 Å². The molecule has 3 aliphatic rings. The van der Waals surface area contributed by atoms with Gasteiger partial charge >= 0.3 is 11.9 Å². The molecular formula is C20H26O7. The molecule has 3 fully saturated rings. The lowest BCUT2D eigenvalue weighted by molar-refractivity contribution is -0.151. The van der Waals surface area contributed by atoms with Crippen LogP contribution in [-0.2, 0) is 28.6 Å². The van der Waals surface area contributed by atoms with Gasteiger partial charge in [0.25, 0.3) is 0 Å². The van der Waals surface area contributed by atoms with Gasteiger partial charge in [0.05, 0.1) is 12.0 Å². The van der Waals surface area contributed by atoms with Crippen molar-refractivity contribution < 1.29 is 33.7 Å². The van der Waals surface area contributed by atoms with Crippen molar-refractivity contribution in [1.29, 1.82) is 0 Å². The van der Waals surface area contributed by atoms with Gasteiger partial charge in [-0.1, -0.05) is 19.6 Å². The Balaban J connectivity index is 1.97. The van der Waals surface area contributed by atoms with E-state index in [1.165, 1.54) is 0 Å². The number of epoxide rings is 1. The highest BCUT2D eigenvalue weighted by Crippen LogP contribution is 2.49. The van der Waals surface area contributed by atoms with Gasteiger partial charge in [-0.05, 0) is 33.1 Å².